The van der Waals surface area contributed by atoms with Crippen molar-refractivity contribution in [1.82, 2.24) is 5.32 Å². The second-order valence-electron chi connectivity index (χ2n) is 6.04. The van der Waals surface area contributed by atoms with E-state index in [2.05, 4.69) is 10.3 Å². The third-order valence-electron chi connectivity index (χ3n) is 3.30. The zero-order valence-corrected chi connectivity index (χ0v) is 13.2. The fraction of sp³-hybridized carbons (Fsp3) is 0.500. The Morgan fingerprint density at radius 1 is 1.41 bits per heavy atom. The summed E-state index contributed by atoms with van der Waals surface area (Å²) in [6, 6.07) is 3.41. The number of benzene rings is 1. The van der Waals surface area contributed by atoms with Gasteiger partial charge >= 0.3 is 5.97 Å². The summed E-state index contributed by atoms with van der Waals surface area (Å²) >= 11 is 0. The van der Waals surface area contributed by atoms with E-state index in [9.17, 15) is 9.59 Å². The Hall–Kier alpha value is -2.17. The second-order valence-corrected chi connectivity index (χ2v) is 6.04. The number of hydrogen-bond acceptors (Lipinski definition) is 6. The highest BCUT2D eigenvalue weighted by Gasteiger charge is 2.29. The van der Waals surface area contributed by atoms with Crippen LogP contribution in [0.15, 0.2) is 17.1 Å². The molecule has 6 heteroatoms. The zero-order valence-electron chi connectivity index (χ0n) is 13.2. The predicted molar refractivity (Wildman–Crippen MR) is 80.7 cm³/mol. The summed E-state index contributed by atoms with van der Waals surface area (Å²) in [5.41, 5.74) is 1.52. The molecular weight excluding hydrogens is 284 g/mol. The highest BCUT2D eigenvalue weighted by atomic mass is 16.5. The quantitative estimate of drug-likeness (QED) is 0.526. The molecule has 0 amide bonds. The molecule has 1 unspecified atom stereocenters. The van der Waals surface area contributed by atoms with Crippen molar-refractivity contribution in [2.45, 2.75) is 39.0 Å². The van der Waals surface area contributed by atoms with Gasteiger partial charge in [-0.25, -0.2) is 9.59 Å². The number of esters is 1. The van der Waals surface area contributed by atoms with Crippen LogP contribution in [0.5, 0.6) is 5.75 Å². The number of fused-ring (bicyclic) bond motifs is 1. The molecule has 0 saturated heterocycles. The van der Waals surface area contributed by atoms with Gasteiger partial charge in [0.2, 0.25) is 6.08 Å². The third kappa shape index (κ3) is 3.35. The summed E-state index contributed by atoms with van der Waals surface area (Å²) in [4.78, 5) is 26.4. The number of methoxy groups -OCH3 is 1. The number of aliphatic imine (C=N–C) groups is 1. The number of ether oxygens (including phenoxy) is 2. The maximum atomic E-state index is 12.0. The van der Waals surface area contributed by atoms with E-state index in [1.165, 1.54) is 7.11 Å². The van der Waals surface area contributed by atoms with Crippen molar-refractivity contribution in [2.24, 2.45) is 4.99 Å². The molecule has 0 aliphatic carbocycles. The van der Waals surface area contributed by atoms with Gasteiger partial charge in [-0.2, -0.15) is 4.99 Å². The van der Waals surface area contributed by atoms with E-state index in [4.69, 9.17) is 9.47 Å². The molecule has 0 spiro atoms. The first-order chi connectivity index (χ1) is 10.4. The minimum Gasteiger partial charge on any atom is -0.488 e. The lowest BCUT2D eigenvalue weighted by Gasteiger charge is -2.30. The Morgan fingerprint density at radius 3 is 2.73 bits per heavy atom. The molecule has 22 heavy (non-hydrogen) atoms. The van der Waals surface area contributed by atoms with Gasteiger partial charge in [0.15, 0.2) is 0 Å². The minimum atomic E-state index is -0.612. The van der Waals surface area contributed by atoms with Crippen LogP contribution in [0.3, 0.4) is 0 Å². The smallest absolute Gasteiger partial charge is 0.338 e. The van der Waals surface area contributed by atoms with Crippen LogP contribution in [0.25, 0.3) is 0 Å². The van der Waals surface area contributed by atoms with Gasteiger partial charge < -0.3 is 9.47 Å². The van der Waals surface area contributed by atoms with Gasteiger partial charge in [-0.05, 0) is 39.3 Å². The summed E-state index contributed by atoms with van der Waals surface area (Å²) in [5, 5.41) is 3.09. The lowest BCUT2D eigenvalue weighted by molar-refractivity contribution is 0.0598. The molecule has 1 aromatic rings. The molecule has 0 saturated carbocycles. The number of isocyanates is 1. The number of hydrogen-bond donors (Lipinski definition) is 1. The maximum absolute atomic E-state index is 12.0. The summed E-state index contributed by atoms with van der Waals surface area (Å²) in [5.74, 6) is 0.233. The van der Waals surface area contributed by atoms with Gasteiger partial charge in [-0.1, -0.05) is 0 Å². The number of carbonyl (C=O) groups excluding carboxylic acids is 2. The normalized spacial score (nSPS) is 17.2. The molecule has 1 heterocycles. The molecule has 2 rings (SSSR count). The average molecular weight is 304 g/mol. The maximum Gasteiger partial charge on any atom is 0.338 e. The van der Waals surface area contributed by atoms with Crippen LogP contribution in [-0.4, -0.2) is 31.3 Å². The largest absolute Gasteiger partial charge is 0.488 e. The lowest BCUT2D eigenvalue weighted by atomic mass is 9.92. The minimum absolute atomic E-state index is 0.366. The molecule has 0 bridgehead atoms. The number of carbonyl (C=O) groups is 1. The average Bonchev–Trinajstić information content (AvgIpc) is 2.46. The fourth-order valence-electron chi connectivity index (χ4n) is 2.53. The highest BCUT2D eigenvalue weighted by Crippen LogP contribution is 2.35. The van der Waals surface area contributed by atoms with Gasteiger partial charge in [0.05, 0.1) is 12.7 Å². The van der Waals surface area contributed by atoms with E-state index < -0.39 is 12.1 Å². The van der Waals surface area contributed by atoms with Crippen LogP contribution in [0.1, 0.15) is 48.4 Å². The first kappa shape index (κ1) is 16.2. The number of nitrogens with one attached hydrogen (secondary N) is 1. The van der Waals surface area contributed by atoms with E-state index >= 15 is 0 Å². The van der Waals surface area contributed by atoms with Gasteiger partial charge in [0.1, 0.15) is 17.5 Å². The molecule has 0 aromatic heterocycles. The molecule has 118 valence electrons. The molecule has 0 radical (unpaired) electrons. The van der Waals surface area contributed by atoms with E-state index in [-0.39, 0.29) is 5.60 Å². The Kier molecular flexibility index (Phi) is 4.64. The highest BCUT2D eigenvalue weighted by molar-refractivity contribution is 5.92. The van der Waals surface area contributed by atoms with Gasteiger partial charge in [0, 0.05) is 17.7 Å². The second kappa shape index (κ2) is 6.30. The molecule has 6 nitrogen and oxygen atoms in total. The van der Waals surface area contributed by atoms with Crippen LogP contribution in [0.4, 0.5) is 0 Å². The molecule has 0 fully saturated rings. The van der Waals surface area contributed by atoms with Gasteiger partial charge in [-0.3, -0.25) is 5.32 Å². The van der Waals surface area contributed by atoms with E-state index in [0.717, 1.165) is 5.56 Å². The van der Waals surface area contributed by atoms with Gasteiger partial charge in [0.25, 0.3) is 0 Å². The van der Waals surface area contributed by atoms with Crippen molar-refractivity contribution in [3.63, 3.8) is 0 Å². The molecule has 1 atom stereocenters. The Bertz CT molecular complexity index is 628. The summed E-state index contributed by atoms with van der Waals surface area (Å²) in [6.07, 6.45) is 1.61. The Labute approximate surface area is 129 Å². The van der Waals surface area contributed by atoms with E-state index in [1.54, 1.807) is 18.2 Å². The van der Waals surface area contributed by atoms with Crippen LogP contribution in [0.2, 0.25) is 0 Å². The summed E-state index contributed by atoms with van der Waals surface area (Å²) in [6.45, 7) is 6.50. The molecule has 1 aliphatic rings. The standard InChI is InChI=1S/C16H20N2O4/c1-16(2,3)22-12-6-5-11(15(20)21-4)13-10(12)7-8-17-14(13)18-9-19/h5-6,14,17H,7-8H2,1-4H3. The van der Waals surface area contributed by atoms with Crippen molar-refractivity contribution in [3.05, 3.63) is 28.8 Å². The lowest BCUT2D eigenvalue weighted by Crippen LogP contribution is -2.32. The van der Waals surface area contributed by atoms with Crippen LogP contribution in [-0.2, 0) is 16.0 Å². The first-order valence-electron chi connectivity index (χ1n) is 7.11. The predicted octanol–water partition coefficient (Wildman–Crippen LogP) is 2.13. The van der Waals surface area contributed by atoms with E-state index in [1.807, 2.05) is 20.8 Å². The van der Waals surface area contributed by atoms with Crippen molar-refractivity contribution in [1.29, 1.82) is 0 Å². The monoisotopic (exact) mass is 304 g/mol. The van der Waals surface area contributed by atoms with Crippen LogP contribution >= 0.6 is 0 Å². The third-order valence-corrected chi connectivity index (χ3v) is 3.30. The first-order valence-corrected chi connectivity index (χ1v) is 7.11. The molecule has 1 N–H and O–H groups in total. The van der Waals surface area contributed by atoms with Crippen molar-refractivity contribution in [3.8, 4) is 5.75 Å². The Balaban J connectivity index is 2.61. The zero-order chi connectivity index (χ0) is 16.3. The van der Waals surface area contributed by atoms with Crippen molar-refractivity contribution < 1.29 is 19.1 Å². The molecule has 1 aromatic carbocycles. The Morgan fingerprint density at radius 2 is 2.14 bits per heavy atom. The van der Waals surface area contributed by atoms with E-state index in [0.29, 0.717) is 29.8 Å². The number of nitrogens with zero attached hydrogens (tertiary/aromatic N) is 1. The topological polar surface area (TPSA) is 77.0 Å². The molecular formula is C16H20N2O4. The fourth-order valence-corrected chi connectivity index (χ4v) is 2.53. The SMILES string of the molecule is COC(=O)c1ccc(OC(C)(C)C)c2c1C(N=C=O)NCC2. The number of rotatable bonds is 3. The van der Waals surface area contributed by atoms with Gasteiger partial charge in [-0.15, -0.1) is 0 Å². The summed E-state index contributed by atoms with van der Waals surface area (Å²) in [7, 11) is 1.32. The molecule has 1 aliphatic heterocycles. The van der Waals surface area contributed by atoms with Crippen molar-refractivity contribution >= 4 is 12.0 Å². The summed E-state index contributed by atoms with van der Waals surface area (Å²) < 4.78 is 10.8. The van der Waals surface area contributed by atoms with Crippen LogP contribution in [0, 0.1) is 0 Å². The van der Waals surface area contributed by atoms with Crippen molar-refractivity contribution in [2.75, 3.05) is 13.7 Å². The van der Waals surface area contributed by atoms with Crippen LogP contribution < -0.4 is 10.1 Å².